The number of anilines is 2. The van der Waals surface area contributed by atoms with Crippen LogP contribution >= 0.6 is 0 Å². The molecule has 0 radical (unpaired) electrons. The largest absolute Gasteiger partial charge is 0.377 e. The van der Waals surface area contributed by atoms with Crippen LogP contribution in [-0.4, -0.2) is 56.9 Å². The van der Waals surface area contributed by atoms with Gasteiger partial charge in [-0.3, -0.25) is 9.48 Å². The number of carbonyl (C=O) groups excluding carboxylic acids is 1. The van der Waals surface area contributed by atoms with Gasteiger partial charge in [0.15, 0.2) is 5.82 Å². The summed E-state index contributed by atoms with van der Waals surface area (Å²) in [6, 6.07) is 8.80. The number of nitrogens with zero attached hydrogens (tertiary/aromatic N) is 6. The van der Waals surface area contributed by atoms with Crippen molar-refractivity contribution in [3.63, 3.8) is 0 Å². The summed E-state index contributed by atoms with van der Waals surface area (Å²) in [5, 5.41) is 5.11. The predicted octanol–water partition coefficient (Wildman–Crippen LogP) is 2.90. The number of aromatic nitrogens is 4. The van der Waals surface area contributed by atoms with E-state index in [-0.39, 0.29) is 5.91 Å². The minimum Gasteiger partial charge on any atom is -0.377 e. The van der Waals surface area contributed by atoms with E-state index in [4.69, 9.17) is 9.84 Å². The first-order valence-corrected chi connectivity index (χ1v) is 11.3. The van der Waals surface area contributed by atoms with Crippen molar-refractivity contribution in [1.82, 2.24) is 24.6 Å². The van der Waals surface area contributed by atoms with Crippen molar-refractivity contribution in [3.8, 4) is 11.3 Å². The molecule has 1 saturated heterocycles. The molecule has 0 N–H and O–H groups in total. The number of ether oxygens (including phenoxy) is 1. The lowest BCUT2D eigenvalue weighted by atomic mass is 9.97. The minimum absolute atomic E-state index is 0.120. The van der Waals surface area contributed by atoms with E-state index >= 15 is 0 Å². The normalized spacial score (nSPS) is 18.2. The van der Waals surface area contributed by atoms with E-state index in [0.717, 1.165) is 49.4 Å². The van der Waals surface area contributed by atoms with Gasteiger partial charge in [0.1, 0.15) is 6.33 Å². The number of carbonyl (C=O) groups is 1. The van der Waals surface area contributed by atoms with Crippen LogP contribution in [0.1, 0.15) is 36.2 Å². The molecule has 1 amide bonds. The van der Waals surface area contributed by atoms with Crippen LogP contribution in [0.15, 0.2) is 36.8 Å². The van der Waals surface area contributed by atoms with E-state index in [1.165, 1.54) is 22.5 Å². The average Bonchev–Trinajstić information content (AvgIpc) is 3.16. The van der Waals surface area contributed by atoms with Crippen LogP contribution in [0.3, 0.4) is 0 Å². The van der Waals surface area contributed by atoms with E-state index in [0.29, 0.717) is 25.8 Å². The maximum atomic E-state index is 12.1. The van der Waals surface area contributed by atoms with Crippen LogP contribution in [-0.2, 0) is 28.9 Å². The van der Waals surface area contributed by atoms with Crippen molar-refractivity contribution in [3.05, 3.63) is 53.6 Å². The second-order valence-electron chi connectivity index (χ2n) is 8.77. The van der Waals surface area contributed by atoms with Crippen molar-refractivity contribution >= 4 is 17.4 Å². The van der Waals surface area contributed by atoms with Gasteiger partial charge in [0.05, 0.1) is 31.5 Å². The molecular formula is C24H26N6O2. The van der Waals surface area contributed by atoms with Gasteiger partial charge >= 0.3 is 0 Å². The lowest BCUT2D eigenvalue weighted by Gasteiger charge is -2.33. The van der Waals surface area contributed by atoms with Gasteiger partial charge in [-0.25, -0.2) is 9.97 Å². The number of rotatable bonds is 3. The van der Waals surface area contributed by atoms with Crippen molar-refractivity contribution in [1.29, 1.82) is 0 Å². The summed E-state index contributed by atoms with van der Waals surface area (Å²) in [7, 11) is 0. The molecule has 5 heterocycles. The Hall–Kier alpha value is -3.26. The molecule has 1 fully saturated rings. The Morgan fingerprint density at radius 2 is 2.06 bits per heavy atom. The fourth-order valence-electron chi connectivity index (χ4n) is 5.02. The Balaban J connectivity index is 1.42. The van der Waals surface area contributed by atoms with Gasteiger partial charge in [0.25, 0.3) is 0 Å². The smallest absolute Gasteiger partial charge is 0.219 e. The molecule has 3 aromatic rings. The van der Waals surface area contributed by atoms with Gasteiger partial charge in [0.2, 0.25) is 5.91 Å². The van der Waals surface area contributed by atoms with Crippen LogP contribution in [0, 0.1) is 0 Å². The standard InChI is InChI=1S/C24H26N6O2/c1-16(31)28-10-7-23-20(12-28)24(27-30(23)19-13-32-14-19)29-9-2-3-18-11-17(4-5-22(18)29)21-6-8-25-15-26-21/h4-6,8,11,15,19H,2-3,7,9-10,12-14H2,1H3. The number of hydrogen-bond acceptors (Lipinski definition) is 6. The topological polar surface area (TPSA) is 76.4 Å². The quantitative estimate of drug-likeness (QED) is 0.636. The summed E-state index contributed by atoms with van der Waals surface area (Å²) in [6.07, 6.45) is 6.29. The van der Waals surface area contributed by atoms with E-state index in [9.17, 15) is 4.79 Å². The van der Waals surface area contributed by atoms with Gasteiger partial charge in [-0.1, -0.05) is 6.07 Å². The fourth-order valence-corrected chi connectivity index (χ4v) is 5.02. The van der Waals surface area contributed by atoms with Crippen molar-refractivity contribution in [2.24, 2.45) is 0 Å². The van der Waals surface area contributed by atoms with Gasteiger partial charge < -0.3 is 14.5 Å². The Kier molecular flexibility index (Phi) is 4.68. The molecule has 0 spiro atoms. The first-order chi connectivity index (χ1) is 15.7. The number of benzene rings is 1. The molecule has 32 heavy (non-hydrogen) atoms. The highest BCUT2D eigenvalue weighted by atomic mass is 16.5. The van der Waals surface area contributed by atoms with E-state index in [1.54, 1.807) is 19.4 Å². The van der Waals surface area contributed by atoms with Crippen LogP contribution in [0.25, 0.3) is 11.3 Å². The Bertz CT molecular complexity index is 1170. The van der Waals surface area contributed by atoms with Gasteiger partial charge in [-0.05, 0) is 36.6 Å². The lowest BCUT2D eigenvalue weighted by molar-refractivity contribution is -0.129. The van der Waals surface area contributed by atoms with Crippen molar-refractivity contribution < 1.29 is 9.53 Å². The van der Waals surface area contributed by atoms with Crippen molar-refractivity contribution in [2.75, 3.05) is 31.2 Å². The molecule has 0 aliphatic carbocycles. The maximum absolute atomic E-state index is 12.1. The molecule has 0 unspecified atom stereocenters. The number of hydrogen-bond donors (Lipinski definition) is 0. The Morgan fingerprint density at radius 3 is 2.81 bits per heavy atom. The maximum Gasteiger partial charge on any atom is 0.219 e. The van der Waals surface area contributed by atoms with Gasteiger partial charge in [0, 0.05) is 55.1 Å². The van der Waals surface area contributed by atoms with Crippen LogP contribution in [0.4, 0.5) is 11.5 Å². The molecule has 1 aromatic carbocycles. The summed E-state index contributed by atoms with van der Waals surface area (Å²) in [4.78, 5) is 24.8. The highest BCUT2D eigenvalue weighted by Gasteiger charge is 2.34. The van der Waals surface area contributed by atoms with E-state index < -0.39 is 0 Å². The van der Waals surface area contributed by atoms with Crippen LogP contribution < -0.4 is 4.90 Å². The molecule has 164 valence electrons. The summed E-state index contributed by atoms with van der Waals surface area (Å²) in [6.45, 7) is 5.37. The average molecular weight is 431 g/mol. The lowest BCUT2D eigenvalue weighted by Crippen LogP contribution is -2.37. The summed E-state index contributed by atoms with van der Waals surface area (Å²) in [5.74, 6) is 1.11. The Labute approximate surface area is 186 Å². The zero-order valence-electron chi connectivity index (χ0n) is 18.2. The zero-order chi connectivity index (χ0) is 21.7. The monoisotopic (exact) mass is 430 g/mol. The third kappa shape index (κ3) is 3.17. The highest BCUT2D eigenvalue weighted by molar-refractivity contribution is 5.76. The molecule has 0 bridgehead atoms. The SMILES string of the molecule is CC(=O)N1CCc2c(c(N3CCCc4cc(-c5ccncn5)ccc43)nn2C2COC2)C1. The second-order valence-corrected chi connectivity index (χ2v) is 8.77. The number of fused-ring (bicyclic) bond motifs is 2. The molecule has 8 heteroatoms. The van der Waals surface area contributed by atoms with Gasteiger partial charge in [-0.2, -0.15) is 5.10 Å². The molecule has 8 nitrogen and oxygen atoms in total. The number of amides is 1. The van der Waals surface area contributed by atoms with E-state index in [2.05, 4.69) is 37.7 Å². The first-order valence-electron chi connectivity index (χ1n) is 11.3. The Morgan fingerprint density at radius 1 is 1.16 bits per heavy atom. The number of aryl methyl sites for hydroxylation is 1. The molecular weight excluding hydrogens is 404 g/mol. The summed E-state index contributed by atoms with van der Waals surface area (Å²) >= 11 is 0. The highest BCUT2D eigenvalue weighted by Crippen LogP contribution is 2.40. The van der Waals surface area contributed by atoms with Gasteiger partial charge in [-0.15, -0.1) is 0 Å². The summed E-state index contributed by atoms with van der Waals surface area (Å²) < 4.78 is 7.63. The molecule has 3 aliphatic rings. The molecule has 3 aliphatic heterocycles. The third-order valence-corrected chi connectivity index (χ3v) is 6.81. The minimum atomic E-state index is 0.120. The summed E-state index contributed by atoms with van der Waals surface area (Å²) in [5.41, 5.74) is 6.99. The molecule has 6 rings (SSSR count). The van der Waals surface area contributed by atoms with Crippen LogP contribution in [0.5, 0.6) is 0 Å². The fraction of sp³-hybridized carbons (Fsp3) is 0.417. The molecule has 0 atom stereocenters. The second kappa shape index (κ2) is 7.70. The molecule has 2 aromatic heterocycles. The predicted molar refractivity (Wildman–Crippen MR) is 120 cm³/mol. The van der Waals surface area contributed by atoms with Crippen molar-refractivity contribution in [2.45, 2.75) is 38.8 Å². The van der Waals surface area contributed by atoms with E-state index in [1.807, 2.05) is 11.0 Å². The first kappa shape index (κ1) is 19.4. The van der Waals surface area contributed by atoms with Crippen LogP contribution in [0.2, 0.25) is 0 Å². The molecule has 0 saturated carbocycles. The third-order valence-electron chi connectivity index (χ3n) is 6.81. The zero-order valence-corrected chi connectivity index (χ0v) is 18.2.